The van der Waals surface area contributed by atoms with E-state index in [4.69, 9.17) is 4.74 Å². The first-order chi connectivity index (χ1) is 10.1. The number of aryl methyl sites for hydroxylation is 1. The van der Waals surface area contributed by atoms with Crippen LogP contribution in [0.1, 0.15) is 21.5 Å². The van der Waals surface area contributed by atoms with Gasteiger partial charge < -0.3 is 9.72 Å². The van der Waals surface area contributed by atoms with E-state index in [2.05, 4.69) is 20.9 Å². The van der Waals surface area contributed by atoms with Crippen LogP contribution in [0.2, 0.25) is 0 Å². The fourth-order valence-electron chi connectivity index (χ4n) is 2.37. The van der Waals surface area contributed by atoms with Crippen molar-refractivity contribution >= 4 is 32.6 Å². The molecule has 0 radical (unpaired) electrons. The molecule has 0 saturated carbocycles. The summed E-state index contributed by atoms with van der Waals surface area (Å²) in [6.07, 6.45) is 1.75. The second-order valence-electron chi connectivity index (χ2n) is 4.93. The van der Waals surface area contributed by atoms with E-state index in [1.165, 1.54) is 0 Å². The van der Waals surface area contributed by atoms with E-state index >= 15 is 0 Å². The van der Waals surface area contributed by atoms with Crippen LogP contribution in [-0.4, -0.2) is 17.9 Å². The summed E-state index contributed by atoms with van der Waals surface area (Å²) in [5.41, 5.74) is 3.29. The molecule has 0 unspecified atom stereocenters. The van der Waals surface area contributed by atoms with Gasteiger partial charge >= 0.3 is 0 Å². The SMILES string of the molecule is COc1ccc2[nH]cc(C(=O)c3cc(C)ccc3Br)c2c1. The number of fused-ring (bicyclic) bond motifs is 1. The quantitative estimate of drug-likeness (QED) is 0.712. The number of H-pyrrole nitrogens is 1. The van der Waals surface area contributed by atoms with Gasteiger partial charge in [0.05, 0.1) is 7.11 Å². The second kappa shape index (κ2) is 5.37. The second-order valence-corrected chi connectivity index (χ2v) is 5.78. The number of benzene rings is 2. The summed E-state index contributed by atoms with van der Waals surface area (Å²) in [4.78, 5) is 15.9. The minimum atomic E-state index is -0.00919. The first-order valence-electron chi connectivity index (χ1n) is 6.56. The van der Waals surface area contributed by atoms with Crippen LogP contribution in [0.4, 0.5) is 0 Å². The molecule has 0 atom stereocenters. The maximum Gasteiger partial charge on any atom is 0.196 e. The van der Waals surface area contributed by atoms with Gasteiger partial charge in [0.2, 0.25) is 0 Å². The zero-order valence-electron chi connectivity index (χ0n) is 11.7. The van der Waals surface area contributed by atoms with E-state index in [0.29, 0.717) is 11.1 Å². The minimum Gasteiger partial charge on any atom is -0.497 e. The van der Waals surface area contributed by atoms with Crippen LogP contribution in [0.3, 0.4) is 0 Å². The van der Waals surface area contributed by atoms with E-state index < -0.39 is 0 Å². The van der Waals surface area contributed by atoms with Gasteiger partial charge in [-0.15, -0.1) is 0 Å². The van der Waals surface area contributed by atoms with Crippen molar-refractivity contribution in [3.8, 4) is 5.75 Å². The van der Waals surface area contributed by atoms with Crippen molar-refractivity contribution in [1.82, 2.24) is 4.98 Å². The Morgan fingerprint density at radius 3 is 2.71 bits per heavy atom. The zero-order chi connectivity index (χ0) is 15.0. The Morgan fingerprint density at radius 1 is 1.14 bits per heavy atom. The Labute approximate surface area is 131 Å². The van der Waals surface area contributed by atoms with Crippen LogP contribution in [-0.2, 0) is 0 Å². The fraction of sp³-hybridized carbons (Fsp3) is 0.118. The number of ketones is 1. The van der Waals surface area contributed by atoms with Crippen LogP contribution < -0.4 is 4.74 Å². The largest absolute Gasteiger partial charge is 0.497 e. The number of hydrogen-bond acceptors (Lipinski definition) is 2. The molecule has 1 N–H and O–H groups in total. The third-order valence-corrected chi connectivity index (χ3v) is 4.19. The molecule has 0 aliphatic rings. The molecule has 0 fully saturated rings. The van der Waals surface area contributed by atoms with Crippen molar-refractivity contribution in [2.75, 3.05) is 7.11 Å². The normalized spacial score (nSPS) is 10.8. The number of nitrogens with one attached hydrogen (secondary N) is 1. The molecule has 1 heterocycles. The summed E-state index contributed by atoms with van der Waals surface area (Å²) in [7, 11) is 1.62. The predicted octanol–water partition coefficient (Wildman–Crippen LogP) is 4.48. The molecule has 0 aliphatic heterocycles. The van der Waals surface area contributed by atoms with Crippen molar-refractivity contribution in [3.63, 3.8) is 0 Å². The highest BCUT2D eigenvalue weighted by molar-refractivity contribution is 9.10. The summed E-state index contributed by atoms with van der Waals surface area (Å²) in [5.74, 6) is 0.726. The van der Waals surface area contributed by atoms with E-state index in [0.717, 1.165) is 26.7 Å². The summed E-state index contributed by atoms with van der Waals surface area (Å²) < 4.78 is 6.04. The lowest BCUT2D eigenvalue weighted by atomic mass is 10.0. The smallest absolute Gasteiger partial charge is 0.196 e. The molecule has 3 nitrogen and oxygen atoms in total. The molecule has 0 saturated heterocycles. The number of aromatic nitrogens is 1. The van der Waals surface area contributed by atoms with Gasteiger partial charge in [0, 0.05) is 32.7 Å². The molecule has 4 heteroatoms. The monoisotopic (exact) mass is 343 g/mol. The van der Waals surface area contributed by atoms with Gasteiger partial charge in [-0.05, 0) is 37.3 Å². The summed E-state index contributed by atoms with van der Waals surface area (Å²) >= 11 is 3.45. The van der Waals surface area contributed by atoms with Crippen LogP contribution >= 0.6 is 15.9 Å². The van der Waals surface area contributed by atoms with Crippen molar-refractivity contribution < 1.29 is 9.53 Å². The van der Waals surface area contributed by atoms with Crippen molar-refractivity contribution in [2.45, 2.75) is 6.92 Å². The van der Waals surface area contributed by atoms with Crippen LogP contribution in [0.5, 0.6) is 5.75 Å². The topological polar surface area (TPSA) is 42.1 Å². The molecule has 0 bridgehead atoms. The highest BCUT2D eigenvalue weighted by atomic mass is 79.9. The van der Waals surface area contributed by atoms with Crippen molar-refractivity contribution in [1.29, 1.82) is 0 Å². The Kier molecular flexibility index (Phi) is 3.55. The summed E-state index contributed by atoms with van der Waals surface area (Å²) in [5, 5.41) is 0.868. The Hall–Kier alpha value is -2.07. The van der Waals surface area contributed by atoms with E-state index in [-0.39, 0.29) is 5.78 Å². The Bertz CT molecular complexity index is 836. The number of hydrogen-bond donors (Lipinski definition) is 1. The van der Waals surface area contributed by atoms with Crippen LogP contribution in [0, 0.1) is 6.92 Å². The highest BCUT2D eigenvalue weighted by Crippen LogP contribution is 2.28. The molecule has 21 heavy (non-hydrogen) atoms. The van der Waals surface area contributed by atoms with Crippen LogP contribution in [0.25, 0.3) is 10.9 Å². The van der Waals surface area contributed by atoms with Crippen LogP contribution in [0.15, 0.2) is 47.1 Å². The third kappa shape index (κ3) is 2.47. The van der Waals surface area contributed by atoms with Crippen molar-refractivity contribution in [2.24, 2.45) is 0 Å². The Balaban J connectivity index is 2.15. The van der Waals surface area contributed by atoms with E-state index in [1.807, 2.05) is 43.3 Å². The van der Waals surface area contributed by atoms with E-state index in [9.17, 15) is 4.79 Å². The standard InChI is InChI=1S/C17H14BrNO2/c1-10-3-5-15(18)13(7-10)17(20)14-9-19-16-6-4-11(21-2)8-12(14)16/h3-9,19H,1-2H3. The van der Waals surface area contributed by atoms with Gasteiger partial charge in [-0.1, -0.05) is 27.6 Å². The number of rotatable bonds is 3. The fourth-order valence-corrected chi connectivity index (χ4v) is 2.80. The number of halogens is 1. The molecule has 0 aliphatic carbocycles. The average molecular weight is 344 g/mol. The molecule has 3 rings (SSSR count). The summed E-state index contributed by atoms with van der Waals surface area (Å²) in [6, 6.07) is 11.4. The zero-order valence-corrected chi connectivity index (χ0v) is 13.3. The first-order valence-corrected chi connectivity index (χ1v) is 7.35. The van der Waals surface area contributed by atoms with Gasteiger partial charge in [-0.3, -0.25) is 4.79 Å². The number of carbonyl (C=O) groups is 1. The molecule has 0 spiro atoms. The lowest BCUT2D eigenvalue weighted by molar-refractivity contribution is 0.103. The molecule has 106 valence electrons. The van der Waals surface area contributed by atoms with Crippen molar-refractivity contribution in [3.05, 3.63) is 63.8 Å². The minimum absolute atomic E-state index is 0.00919. The van der Waals surface area contributed by atoms with Gasteiger partial charge in [0.1, 0.15) is 5.75 Å². The maximum atomic E-state index is 12.8. The lowest BCUT2D eigenvalue weighted by Gasteiger charge is -2.05. The van der Waals surface area contributed by atoms with E-state index in [1.54, 1.807) is 13.3 Å². The number of aromatic amines is 1. The highest BCUT2D eigenvalue weighted by Gasteiger charge is 2.17. The number of ether oxygens (including phenoxy) is 1. The molecule has 0 amide bonds. The molecular formula is C17H14BrNO2. The number of carbonyl (C=O) groups excluding carboxylic acids is 1. The number of methoxy groups -OCH3 is 1. The van der Waals surface area contributed by atoms with Gasteiger partial charge in [-0.2, -0.15) is 0 Å². The summed E-state index contributed by atoms with van der Waals surface area (Å²) in [6.45, 7) is 1.97. The van der Waals surface area contributed by atoms with Gasteiger partial charge in [0.25, 0.3) is 0 Å². The average Bonchev–Trinajstić information content (AvgIpc) is 2.91. The Morgan fingerprint density at radius 2 is 1.95 bits per heavy atom. The molecule has 1 aromatic heterocycles. The molecular weight excluding hydrogens is 330 g/mol. The lowest BCUT2D eigenvalue weighted by Crippen LogP contribution is -2.02. The molecule has 3 aromatic rings. The molecule has 2 aromatic carbocycles. The predicted molar refractivity (Wildman–Crippen MR) is 87.2 cm³/mol. The first kappa shape index (κ1) is 13.9. The van der Waals surface area contributed by atoms with Gasteiger partial charge in [-0.25, -0.2) is 0 Å². The third-order valence-electron chi connectivity index (χ3n) is 3.50. The maximum absolute atomic E-state index is 12.8. The van der Waals surface area contributed by atoms with Gasteiger partial charge in [0.15, 0.2) is 5.78 Å².